The first kappa shape index (κ1) is 28.1. The van der Waals surface area contributed by atoms with Gasteiger partial charge in [-0.05, 0) is 70.6 Å². The van der Waals surface area contributed by atoms with Crippen LogP contribution in [-0.2, 0) is 14.3 Å². The highest BCUT2D eigenvalue weighted by atomic mass is 16.6. The SMILES string of the molecule is CCN=C1[C@H](C)C[C@@](C)(OC)C[C@@H](C)[C@H](O)C(C)C(=O)O[C@H](CC)[C@@](C)(O)C(C)[C@H]1C. The zero-order chi connectivity index (χ0) is 24.1. The first-order valence-corrected chi connectivity index (χ1v) is 12.0. The van der Waals surface area contributed by atoms with Gasteiger partial charge >= 0.3 is 5.97 Å². The molecule has 2 unspecified atom stereocenters. The number of aliphatic hydroxyl groups is 2. The van der Waals surface area contributed by atoms with Gasteiger partial charge in [0.15, 0.2) is 0 Å². The van der Waals surface area contributed by atoms with Crippen molar-refractivity contribution < 1.29 is 24.5 Å². The van der Waals surface area contributed by atoms with Gasteiger partial charge in [-0.25, -0.2) is 0 Å². The van der Waals surface area contributed by atoms with Crippen molar-refractivity contribution in [1.82, 2.24) is 0 Å². The number of aliphatic imine (C=N–C) groups is 1. The van der Waals surface area contributed by atoms with Crippen LogP contribution in [-0.4, -0.2) is 59.0 Å². The molecule has 0 aliphatic carbocycles. The summed E-state index contributed by atoms with van der Waals surface area (Å²) in [4.78, 5) is 17.7. The van der Waals surface area contributed by atoms with Gasteiger partial charge in [0.25, 0.3) is 0 Å². The molecule has 1 aliphatic heterocycles. The molecule has 1 aliphatic rings. The fourth-order valence-corrected chi connectivity index (χ4v) is 5.29. The fourth-order valence-electron chi connectivity index (χ4n) is 5.29. The maximum Gasteiger partial charge on any atom is 0.311 e. The van der Waals surface area contributed by atoms with Gasteiger partial charge < -0.3 is 19.7 Å². The molecule has 0 spiro atoms. The number of nitrogens with zero attached hydrogens (tertiary/aromatic N) is 1. The Kier molecular flexibility index (Phi) is 10.2. The van der Waals surface area contributed by atoms with Gasteiger partial charge in [-0.1, -0.05) is 34.6 Å². The summed E-state index contributed by atoms with van der Waals surface area (Å²) in [6.07, 6.45) is 0.334. The molecule has 2 N–H and O–H groups in total. The van der Waals surface area contributed by atoms with Crippen LogP contribution in [0.15, 0.2) is 4.99 Å². The number of carbonyl (C=O) groups excluding carboxylic acids is 1. The Bertz CT molecular complexity index is 619. The van der Waals surface area contributed by atoms with Crippen molar-refractivity contribution in [3.63, 3.8) is 0 Å². The molecule has 9 atom stereocenters. The summed E-state index contributed by atoms with van der Waals surface area (Å²) in [6.45, 7) is 18.3. The maximum atomic E-state index is 12.9. The van der Waals surface area contributed by atoms with Crippen LogP contribution >= 0.6 is 0 Å². The molecule has 6 nitrogen and oxygen atoms in total. The third-order valence-corrected chi connectivity index (χ3v) is 7.72. The first-order chi connectivity index (χ1) is 14.3. The van der Waals surface area contributed by atoms with Crippen LogP contribution in [0.25, 0.3) is 0 Å². The van der Waals surface area contributed by atoms with Crippen LogP contribution < -0.4 is 0 Å². The van der Waals surface area contributed by atoms with Crippen molar-refractivity contribution in [2.75, 3.05) is 13.7 Å². The molecule has 1 heterocycles. The van der Waals surface area contributed by atoms with E-state index in [1.807, 2.05) is 27.7 Å². The van der Waals surface area contributed by atoms with E-state index < -0.39 is 35.3 Å². The van der Waals surface area contributed by atoms with Gasteiger partial charge in [-0.15, -0.1) is 0 Å². The number of ether oxygens (including phenoxy) is 2. The molecule has 0 amide bonds. The average molecular weight is 442 g/mol. The Labute approximate surface area is 189 Å². The highest BCUT2D eigenvalue weighted by Gasteiger charge is 2.45. The first-order valence-electron chi connectivity index (χ1n) is 12.0. The number of esters is 1. The lowest BCUT2D eigenvalue weighted by molar-refractivity contribution is -0.180. The smallest absolute Gasteiger partial charge is 0.311 e. The number of methoxy groups -OCH3 is 1. The molecule has 0 bridgehead atoms. The summed E-state index contributed by atoms with van der Waals surface area (Å²) in [5.74, 6) is -1.36. The molecule has 0 radical (unpaired) electrons. The normalized spacial score (nSPS) is 45.2. The van der Waals surface area contributed by atoms with Crippen LogP contribution in [0.4, 0.5) is 0 Å². The van der Waals surface area contributed by atoms with Gasteiger partial charge in [-0.3, -0.25) is 9.79 Å². The standard InChI is InChI=1S/C25H47NO5/c1-11-20-25(9,29)19(7)17(5)21(26-12-2)15(3)13-24(8,30-10)14-16(4)22(27)18(6)23(28)31-20/h15-20,22,27,29H,11-14H2,1-10H3/t15-,16-,17-,18?,19?,20-,22+,24-,25+/m1/s1. The molecule has 6 heteroatoms. The summed E-state index contributed by atoms with van der Waals surface area (Å²) in [7, 11) is 1.70. The Hall–Kier alpha value is -0.980. The van der Waals surface area contributed by atoms with Gasteiger partial charge in [0.2, 0.25) is 0 Å². The van der Waals surface area contributed by atoms with Crippen molar-refractivity contribution in [3.8, 4) is 0 Å². The second-order valence-electron chi connectivity index (χ2n) is 10.3. The van der Waals surface area contributed by atoms with Gasteiger partial charge in [0.05, 0.1) is 17.6 Å². The lowest BCUT2D eigenvalue weighted by Crippen LogP contribution is -2.52. The second-order valence-corrected chi connectivity index (χ2v) is 10.3. The number of aliphatic hydroxyl groups excluding tert-OH is 1. The molecule has 1 rings (SSSR count). The number of hydrogen-bond donors (Lipinski definition) is 2. The highest BCUT2D eigenvalue weighted by molar-refractivity contribution is 5.89. The van der Waals surface area contributed by atoms with E-state index in [9.17, 15) is 15.0 Å². The quantitative estimate of drug-likeness (QED) is 0.639. The van der Waals surface area contributed by atoms with E-state index in [1.165, 1.54) is 0 Å². The van der Waals surface area contributed by atoms with E-state index in [1.54, 1.807) is 21.0 Å². The molecule has 0 saturated carbocycles. The molecule has 31 heavy (non-hydrogen) atoms. The van der Waals surface area contributed by atoms with Gasteiger partial charge in [0, 0.05) is 19.4 Å². The lowest BCUT2D eigenvalue weighted by Gasteiger charge is -2.43. The number of carbonyl (C=O) groups is 1. The Balaban J connectivity index is 3.51. The molecule has 0 aromatic rings. The number of cyclic esters (lactones) is 1. The minimum Gasteiger partial charge on any atom is -0.459 e. The minimum absolute atomic E-state index is 0.00202. The Morgan fingerprint density at radius 1 is 1.10 bits per heavy atom. The monoisotopic (exact) mass is 441 g/mol. The number of rotatable bonds is 3. The van der Waals surface area contributed by atoms with E-state index >= 15 is 0 Å². The van der Waals surface area contributed by atoms with Crippen LogP contribution in [0.2, 0.25) is 0 Å². The molecular weight excluding hydrogens is 394 g/mol. The van der Waals surface area contributed by atoms with Crippen molar-refractivity contribution in [3.05, 3.63) is 0 Å². The third kappa shape index (κ3) is 6.52. The topological polar surface area (TPSA) is 88.4 Å². The molecular formula is C25H47NO5. The fraction of sp³-hybridized carbons (Fsp3) is 0.920. The second kappa shape index (κ2) is 11.2. The maximum absolute atomic E-state index is 12.9. The minimum atomic E-state index is -1.23. The van der Waals surface area contributed by atoms with E-state index in [0.717, 1.165) is 12.1 Å². The summed E-state index contributed by atoms with van der Waals surface area (Å²) in [6, 6.07) is 0. The summed E-state index contributed by atoms with van der Waals surface area (Å²) < 4.78 is 11.7. The number of hydrogen-bond acceptors (Lipinski definition) is 6. The van der Waals surface area contributed by atoms with E-state index in [4.69, 9.17) is 14.5 Å². The van der Waals surface area contributed by atoms with Crippen LogP contribution in [0.5, 0.6) is 0 Å². The van der Waals surface area contributed by atoms with Crippen molar-refractivity contribution in [2.24, 2.45) is 34.6 Å². The van der Waals surface area contributed by atoms with Gasteiger partial charge in [-0.2, -0.15) is 0 Å². The Morgan fingerprint density at radius 3 is 2.16 bits per heavy atom. The summed E-state index contributed by atoms with van der Waals surface area (Å²) >= 11 is 0. The van der Waals surface area contributed by atoms with Gasteiger partial charge in [0.1, 0.15) is 11.7 Å². The van der Waals surface area contributed by atoms with E-state index in [0.29, 0.717) is 19.4 Å². The third-order valence-electron chi connectivity index (χ3n) is 7.72. The molecule has 1 fully saturated rings. The average Bonchev–Trinajstić information content (AvgIpc) is 2.72. The molecule has 0 aromatic carbocycles. The molecule has 0 aromatic heterocycles. The molecule has 1 saturated heterocycles. The van der Waals surface area contributed by atoms with Crippen LogP contribution in [0, 0.1) is 29.6 Å². The highest BCUT2D eigenvalue weighted by Crippen LogP contribution is 2.37. The zero-order valence-electron chi connectivity index (χ0n) is 21.4. The summed E-state index contributed by atoms with van der Waals surface area (Å²) in [5, 5.41) is 22.4. The predicted octanol–water partition coefficient (Wildman–Crippen LogP) is 4.26. The van der Waals surface area contributed by atoms with Crippen molar-refractivity contribution in [2.45, 2.75) is 105 Å². The largest absolute Gasteiger partial charge is 0.459 e. The zero-order valence-corrected chi connectivity index (χ0v) is 21.4. The molecule has 182 valence electrons. The van der Waals surface area contributed by atoms with Crippen molar-refractivity contribution in [1.29, 1.82) is 0 Å². The summed E-state index contributed by atoms with van der Waals surface area (Å²) in [5.41, 5.74) is -0.652. The van der Waals surface area contributed by atoms with E-state index in [-0.39, 0.29) is 23.7 Å². The van der Waals surface area contributed by atoms with Crippen molar-refractivity contribution >= 4 is 11.7 Å². The lowest BCUT2D eigenvalue weighted by atomic mass is 9.71. The predicted molar refractivity (Wildman–Crippen MR) is 125 cm³/mol. The van der Waals surface area contributed by atoms with Crippen LogP contribution in [0.1, 0.15) is 81.6 Å². The van der Waals surface area contributed by atoms with E-state index in [2.05, 4.69) is 20.8 Å². The Morgan fingerprint density at radius 2 is 1.68 bits per heavy atom. The van der Waals surface area contributed by atoms with Crippen LogP contribution in [0.3, 0.4) is 0 Å².